The third kappa shape index (κ3) is 5.14. The highest BCUT2D eigenvalue weighted by Gasteiger charge is 2.44. The molecule has 6 nitrogen and oxygen atoms in total. The Morgan fingerprint density at radius 3 is 2.71 bits per heavy atom. The summed E-state index contributed by atoms with van der Waals surface area (Å²) in [5, 5.41) is 8.96. The van der Waals surface area contributed by atoms with Gasteiger partial charge in [-0.3, -0.25) is 9.88 Å². The van der Waals surface area contributed by atoms with E-state index < -0.39 is 0 Å². The number of ether oxygens (including phenoxy) is 1. The molecule has 4 atom stereocenters. The van der Waals surface area contributed by atoms with Crippen molar-refractivity contribution in [3.8, 4) is 0 Å². The van der Waals surface area contributed by atoms with Crippen LogP contribution in [0.15, 0.2) is 24.5 Å². The number of likely N-dealkylation sites (tertiary alicyclic amines) is 1. The van der Waals surface area contributed by atoms with E-state index >= 15 is 0 Å². The molecule has 0 N–H and O–H groups in total. The summed E-state index contributed by atoms with van der Waals surface area (Å²) in [5.74, 6) is 1.76. The molecule has 0 radical (unpaired) electrons. The molecule has 31 heavy (non-hydrogen) atoms. The average Bonchev–Trinajstić information content (AvgIpc) is 3.34. The van der Waals surface area contributed by atoms with Crippen molar-refractivity contribution in [1.29, 1.82) is 0 Å². The molecule has 2 aromatic rings. The molecular weight excluding hydrogens is 393 g/mol. The number of hydrogen-bond donors (Lipinski definition) is 0. The number of fused-ring (bicyclic) bond motifs is 1. The average molecular weight is 428 g/mol. The van der Waals surface area contributed by atoms with Crippen LogP contribution in [0, 0.1) is 23.6 Å². The lowest BCUT2D eigenvalue weighted by Gasteiger charge is -2.37. The van der Waals surface area contributed by atoms with E-state index in [9.17, 15) is 4.39 Å². The van der Waals surface area contributed by atoms with Crippen LogP contribution in [-0.4, -0.2) is 50.7 Å². The van der Waals surface area contributed by atoms with Gasteiger partial charge in [-0.1, -0.05) is 18.6 Å². The van der Waals surface area contributed by atoms with Crippen LogP contribution < -0.4 is 0 Å². The van der Waals surface area contributed by atoms with Crippen LogP contribution in [0.2, 0.25) is 0 Å². The molecule has 1 aliphatic heterocycles. The molecule has 3 heterocycles. The zero-order valence-electron chi connectivity index (χ0n) is 18.5. The molecule has 0 bridgehead atoms. The molecule has 168 valence electrons. The second-order valence-corrected chi connectivity index (χ2v) is 9.83. The van der Waals surface area contributed by atoms with Gasteiger partial charge in [0.05, 0.1) is 29.7 Å². The second kappa shape index (κ2) is 9.33. The Kier molecular flexibility index (Phi) is 6.32. The first kappa shape index (κ1) is 21.0. The van der Waals surface area contributed by atoms with Crippen molar-refractivity contribution >= 4 is 0 Å². The summed E-state index contributed by atoms with van der Waals surface area (Å²) in [7, 11) is 0. The number of hydrogen-bond acceptors (Lipinski definition) is 5. The fourth-order valence-electron chi connectivity index (χ4n) is 5.30. The molecule has 3 fully saturated rings. The van der Waals surface area contributed by atoms with Crippen molar-refractivity contribution in [1.82, 2.24) is 24.9 Å². The molecule has 0 aromatic carbocycles. The van der Waals surface area contributed by atoms with Gasteiger partial charge >= 0.3 is 0 Å². The molecule has 7 heteroatoms. The zero-order chi connectivity index (χ0) is 21.2. The van der Waals surface area contributed by atoms with Crippen molar-refractivity contribution in [3.05, 3.63) is 41.7 Å². The Morgan fingerprint density at radius 1 is 1.13 bits per heavy atom. The highest BCUT2D eigenvalue weighted by molar-refractivity contribution is 5.06. The molecule has 2 aromatic heterocycles. The van der Waals surface area contributed by atoms with Crippen LogP contribution in [0.1, 0.15) is 62.9 Å². The van der Waals surface area contributed by atoms with Crippen LogP contribution in [0.4, 0.5) is 4.39 Å². The number of aromatic nitrogens is 4. The molecule has 0 spiro atoms. The lowest BCUT2D eigenvalue weighted by Crippen LogP contribution is -2.38. The van der Waals surface area contributed by atoms with Gasteiger partial charge < -0.3 is 4.74 Å². The topological polar surface area (TPSA) is 56.1 Å². The van der Waals surface area contributed by atoms with E-state index in [2.05, 4.69) is 38.0 Å². The molecule has 0 unspecified atom stereocenters. The first-order valence-corrected chi connectivity index (χ1v) is 12.0. The quantitative estimate of drug-likeness (QED) is 0.605. The van der Waals surface area contributed by atoms with Gasteiger partial charge in [0.25, 0.3) is 0 Å². The Hall–Kier alpha value is -1.86. The van der Waals surface area contributed by atoms with Gasteiger partial charge in [0.2, 0.25) is 0 Å². The van der Waals surface area contributed by atoms with Crippen molar-refractivity contribution in [3.63, 3.8) is 0 Å². The maximum atomic E-state index is 13.2. The number of halogens is 1. The third-order valence-electron chi connectivity index (χ3n) is 7.26. The maximum absolute atomic E-state index is 13.2. The molecule has 2 saturated carbocycles. The lowest BCUT2D eigenvalue weighted by atomic mass is 9.77. The molecule has 2 aliphatic carbocycles. The smallest absolute Gasteiger partial charge is 0.141 e. The van der Waals surface area contributed by atoms with Gasteiger partial charge in [-0.25, -0.2) is 9.07 Å². The van der Waals surface area contributed by atoms with Gasteiger partial charge in [0, 0.05) is 32.4 Å². The van der Waals surface area contributed by atoms with E-state index in [4.69, 9.17) is 4.74 Å². The highest BCUT2D eigenvalue weighted by Crippen LogP contribution is 2.43. The molecule has 1 saturated heterocycles. The fraction of sp³-hybridized carbons (Fsp3) is 0.708. The monoisotopic (exact) mass is 427 g/mol. The third-order valence-corrected chi connectivity index (χ3v) is 7.26. The van der Waals surface area contributed by atoms with Crippen LogP contribution >= 0.6 is 0 Å². The SMILES string of the molecule is CCCCc1cn([C@@H]2C[C@@H]3CN(Cc4ccc(F)cn4)C[C@@H]3C[C@H]2OCC2CC2)nn1. The molecular formula is C24H34FN5O. The van der Waals surface area contributed by atoms with Crippen molar-refractivity contribution < 1.29 is 9.13 Å². The van der Waals surface area contributed by atoms with Crippen LogP contribution in [0.5, 0.6) is 0 Å². The normalized spacial score (nSPS) is 28.7. The maximum Gasteiger partial charge on any atom is 0.141 e. The van der Waals surface area contributed by atoms with E-state index in [0.29, 0.717) is 11.8 Å². The number of nitrogens with zero attached hydrogens (tertiary/aromatic N) is 5. The summed E-state index contributed by atoms with van der Waals surface area (Å²) in [5.41, 5.74) is 2.04. The predicted molar refractivity (Wildman–Crippen MR) is 116 cm³/mol. The predicted octanol–water partition coefficient (Wildman–Crippen LogP) is 4.03. The van der Waals surface area contributed by atoms with Crippen LogP contribution in [-0.2, 0) is 17.7 Å². The Balaban J connectivity index is 1.26. The number of unbranched alkanes of at least 4 members (excludes halogenated alkanes) is 1. The van der Waals surface area contributed by atoms with Gasteiger partial charge in [-0.15, -0.1) is 5.10 Å². The summed E-state index contributed by atoms with van der Waals surface area (Å²) < 4.78 is 21.8. The molecule has 5 rings (SSSR count). The summed E-state index contributed by atoms with van der Waals surface area (Å²) in [6.45, 7) is 6.02. The van der Waals surface area contributed by atoms with E-state index in [-0.39, 0.29) is 18.0 Å². The van der Waals surface area contributed by atoms with E-state index in [0.717, 1.165) is 69.2 Å². The number of aryl methyl sites for hydroxylation is 1. The lowest BCUT2D eigenvalue weighted by molar-refractivity contribution is -0.0375. The van der Waals surface area contributed by atoms with Crippen molar-refractivity contribution in [2.45, 2.75) is 70.6 Å². The van der Waals surface area contributed by atoms with Gasteiger partial charge in [0.1, 0.15) is 5.82 Å². The Bertz CT molecular complexity index is 852. The second-order valence-electron chi connectivity index (χ2n) is 9.83. The van der Waals surface area contributed by atoms with Crippen molar-refractivity contribution in [2.24, 2.45) is 17.8 Å². The Labute approximate surface area is 184 Å². The minimum Gasteiger partial charge on any atom is -0.376 e. The van der Waals surface area contributed by atoms with Crippen molar-refractivity contribution in [2.75, 3.05) is 19.7 Å². The van der Waals surface area contributed by atoms with E-state index in [1.807, 2.05) is 0 Å². The van der Waals surface area contributed by atoms with E-state index in [1.54, 1.807) is 6.07 Å². The zero-order valence-corrected chi connectivity index (χ0v) is 18.5. The van der Waals surface area contributed by atoms with Crippen LogP contribution in [0.25, 0.3) is 0 Å². The van der Waals surface area contributed by atoms with Gasteiger partial charge in [-0.05, 0) is 68.4 Å². The van der Waals surface area contributed by atoms with Crippen LogP contribution in [0.3, 0.4) is 0 Å². The van der Waals surface area contributed by atoms with Gasteiger partial charge in [0.15, 0.2) is 0 Å². The first-order chi connectivity index (χ1) is 15.2. The van der Waals surface area contributed by atoms with Gasteiger partial charge in [-0.2, -0.15) is 0 Å². The largest absolute Gasteiger partial charge is 0.376 e. The first-order valence-electron chi connectivity index (χ1n) is 12.0. The number of rotatable bonds is 9. The molecule has 0 amide bonds. The minimum absolute atomic E-state index is 0.214. The Morgan fingerprint density at radius 2 is 1.97 bits per heavy atom. The minimum atomic E-state index is -0.275. The summed E-state index contributed by atoms with van der Waals surface area (Å²) >= 11 is 0. The standard InChI is InChI=1S/C24H34FN5O/c1-2-3-4-22-15-30(28-27-22)23-9-18-12-29(14-21-8-7-20(25)11-26-21)13-19(18)10-24(23)31-16-17-5-6-17/h7-8,11,15,17-19,23-24H,2-6,9-10,12-14,16H2,1H3/t18-,19+,23-,24-/m1/s1. The highest BCUT2D eigenvalue weighted by atomic mass is 19.1. The van der Waals surface area contributed by atoms with E-state index in [1.165, 1.54) is 31.5 Å². The summed E-state index contributed by atoms with van der Waals surface area (Å²) in [6.07, 6.45) is 11.8. The molecule has 3 aliphatic rings. The summed E-state index contributed by atoms with van der Waals surface area (Å²) in [6, 6.07) is 3.57. The summed E-state index contributed by atoms with van der Waals surface area (Å²) in [4.78, 5) is 6.73. The fourth-order valence-corrected chi connectivity index (χ4v) is 5.30. The number of pyridine rings is 1.